The lowest BCUT2D eigenvalue weighted by atomic mass is 10.2. The van der Waals surface area contributed by atoms with E-state index in [0.29, 0.717) is 0 Å². The molecule has 0 aliphatic carbocycles. The van der Waals surface area contributed by atoms with E-state index in [2.05, 4.69) is 0 Å². The second-order valence-electron chi connectivity index (χ2n) is 3.66. The highest BCUT2D eigenvalue weighted by atomic mass is 16.6. The second-order valence-corrected chi connectivity index (χ2v) is 3.66. The summed E-state index contributed by atoms with van der Waals surface area (Å²) in [6.07, 6.45) is 0. The molecule has 6 nitrogen and oxygen atoms in total. The number of rotatable bonds is 3. The number of aromatic hydroxyl groups is 1. The molecular weight excluding hydrogens is 250 g/mol. The second kappa shape index (κ2) is 5.18. The Morgan fingerprint density at radius 1 is 1.16 bits per heavy atom. The van der Waals surface area contributed by atoms with Gasteiger partial charge >= 0.3 is 5.97 Å². The number of esters is 1. The first-order valence-corrected chi connectivity index (χ1v) is 5.32. The van der Waals surface area contributed by atoms with E-state index in [0.717, 1.165) is 6.07 Å². The number of nitro groups is 1. The molecule has 96 valence electrons. The number of ether oxygens (including phenoxy) is 1. The van der Waals surface area contributed by atoms with Crippen LogP contribution in [0.5, 0.6) is 11.5 Å². The predicted octanol–water partition coefficient (Wildman–Crippen LogP) is 2.52. The van der Waals surface area contributed by atoms with E-state index in [1.54, 1.807) is 12.1 Å². The summed E-state index contributed by atoms with van der Waals surface area (Å²) >= 11 is 0. The minimum absolute atomic E-state index is 0.000920. The summed E-state index contributed by atoms with van der Waals surface area (Å²) in [4.78, 5) is 21.8. The van der Waals surface area contributed by atoms with Gasteiger partial charge in [-0.2, -0.15) is 0 Å². The van der Waals surface area contributed by atoms with Gasteiger partial charge in [0.1, 0.15) is 0 Å². The van der Waals surface area contributed by atoms with Gasteiger partial charge in [0.05, 0.1) is 10.5 Å². The van der Waals surface area contributed by atoms with Crippen molar-refractivity contribution in [3.8, 4) is 11.5 Å². The molecule has 0 atom stereocenters. The van der Waals surface area contributed by atoms with Crippen LogP contribution >= 0.6 is 0 Å². The SMILES string of the molecule is O=C(Oc1ccccc1O)c1cccc([N+](=O)[O-])c1. The van der Waals surface area contributed by atoms with Gasteiger partial charge in [-0.05, 0) is 18.2 Å². The molecule has 0 unspecified atom stereocenters. The molecule has 0 aliphatic rings. The lowest BCUT2D eigenvalue weighted by Crippen LogP contribution is -2.08. The van der Waals surface area contributed by atoms with Gasteiger partial charge in [-0.1, -0.05) is 18.2 Å². The molecule has 19 heavy (non-hydrogen) atoms. The van der Waals surface area contributed by atoms with Gasteiger partial charge in [-0.15, -0.1) is 0 Å². The summed E-state index contributed by atoms with van der Waals surface area (Å²) in [6.45, 7) is 0. The summed E-state index contributed by atoms with van der Waals surface area (Å²) in [6, 6.07) is 11.1. The normalized spacial score (nSPS) is 9.89. The largest absolute Gasteiger partial charge is 0.504 e. The average Bonchev–Trinajstić information content (AvgIpc) is 2.41. The molecule has 1 N–H and O–H groups in total. The third kappa shape index (κ3) is 2.86. The predicted molar refractivity (Wildman–Crippen MR) is 66.2 cm³/mol. The van der Waals surface area contributed by atoms with Gasteiger partial charge in [-0.3, -0.25) is 10.1 Å². The summed E-state index contributed by atoms with van der Waals surface area (Å²) < 4.78 is 4.95. The average molecular weight is 259 g/mol. The molecule has 2 rings (SSSR count). The number of hydrogen-bond donors (Lipinski definition) is 1. The van der Waals surface area contributed by atoms with Crippen molar-refractivity contribution in [3.63, 3.8) is 0 Å². The van der Waals surface area contributed by atoms with Crippen molar-refractivity contribution in [3.05, 3.63) is 64.2 Å². The molecule has 0 saturated carbocycles. The molecule has 0 bridgehead atoms. The number of nitrogens with zero attached hydrogens (tertiary/aromatic N) is 1. The number of nitro benzene ring substituents is 1. The van der Waals surface area contributed by atoms with Crippen LogP contribution in [0, 0.1) is 10.1 Å². The van der Waals surface area contributed by atoms with Crippen LogP contribution in [0.15, 0.2) is 48.5 Å². The highest BCUT2D eigenvalue weighted by Crippen LogP contribution is 2.25. The molecule has 0 radical (unpaired) electrons. The number of para-hydroxylation sites is 2. The third-order valence-corrected chi connectivity index (χ3v) is 2.36. The zero-order chi connectivity index (χ0) is 13.8. The van der Waals surface area contributed by atoms with Gasteiger partial charge in [0.15, 0.2) is 11.5 Å². The first kappa shape index (κ1) is 12.6. The van der Waals surface area contributed by atoms with E-state index < -0.39 is 10.9 Å². The quantitative estimate of drug-likeness (QED) is 0.396. The molecule has 0 heterocycles. The summed E-state index contributed by atoms with van der Waals surface area (Å²) in [7, 11) is 0. The Kier molecular flexibility index (Phi) is 3.42. The Bertz CT molecular complexity index is 638. The van der Waals surface area contributed by atoms with Gasteiger partial charge in [0.2, 0.25) is 0 Å². The van der Waals surface area contributed by atoms with Crippen molar-refractivity contribution in [2.45, 2.75) is 0 Å². The Balaban J connectivity index is 2.23. The van der Waals surface area contributed by atoms with Crippen LogP contribution in [0.1, 0.15) is 10.4 Å². The van der Waals surface area contributed by atoms with Crippen LogP contribution in [-0.4, -0.2) is 16.0 Å². The van der Waals surface area contributed by atoms with Crippen molar-refractivity contribution < 1.29 is 19.6 Å². The van der Waals surface area contributed by atoms with Crippen molar-refractivity contribution in [2.24, 2.45) is 0 Å². The smallest absolute Gasteiger partial charge is 0.343 e. The molecule has 0 fully saturated rings. The Morgan fingerprint density at radius 3 is 2.58 bits per heavy atom. The molecule has 2 aromatic rings. The fourth-order valence-corrected chi connectivity index (χ4v) is 1.45. The molecule has 0 aliphatic heterocycles. The van der Waals surface area contributed by atoms with Crippen LogP contribution in [0.4, 0.5) is 5.69 Å². The lowest BCUT2D eigenvalue weighted by molar-refractivity contribution is -0.384. The molecule has 2 aromatic carbocycles. The van der Waals surface area contributed by atoms with E-state index in [1.165, 1.54) is 30.3 Å². The maximum Gasteiger partial charge on any atom is 0.343 e. The van der Waals surface area contributed by atoms with Crippen molar-refractivity contribution in [1.82, 2.24) is 0 Å². The first-order valence-electron chi connectivity index (χ1n) is 5.32. The zero-order valence-corrected chi connectivity index (χ0v) is 9.65. The first-order chi connectivity index (χ1) is 9.08. The number of benzene rings is 2. The van der Waals surface area contributed by atoms with Crippen LogP contribution in [-0.2, 0) is 0 Å². The maximum absolute atomic E-state index is 11.8. The number of carbonyl (C=O) groups is 1. The van der Waals surface area contributed by atoms with Crippen molar-refractivity contribution in [2.75, 3.05) is 0 Å². The topological polar surface area (TPSA) is 89.7 Å². The van der Waals surface area contributed by atoms with Crippen LogP contribution in [0.2, 0.25) is 0 Å². The van der Waals surface area contributed by atoms with Gasteiger partial charge < -0.3 is 9.84 Å². The van der Waals surface area contributed by atoms with E-state index in [9.17, 15) is 20.0 Å². The van der Waals surface area contributed by atoms with Gasteiger partial charge in [0, 0.05) is 12.1 Å². The Hall–Kier alpha value is -2.89. The summed E-state index contributed by atoms with van der Waals surface area (Å²) in [5.41, 5.74) is -0.163. The molecule has 0 spiro atoms. The molecule has 6 heteroatoms. The van der Waals surface area contributed by atoms with Gasteiger partial charge in [-0.25, -0.2) is 4.79 Å². The fourth-order valence-electron chi connectivity index (χ4n) is 1.45. The zero-order valence-electron chi connectivity index (χ0n) is 9.65. The summed E-state index contributed by atoms with van der Waals surface area (Å²) in [5, 5.41) is 20.1. The van der Waals surface area contributed by atoms with E-state index in [4.69, 9.17) is 4.74 Å². The van der Waals surface area contributed by atoms with E-state index in [1.807, 2.05) is 0 Å². The van der Waals surface area contributed by atoms with Crippen LogP contribution in [0.25, 0.3) is 0 Å². The number of hydrogen-bond acceptors (Lipinski definition) is 5. The Morgan fingerprint density at radius 2 is 1.89 bits per heavy atom. The standard InChI is InChI=1S/C13H9NO5/c15-11-6-1-2-7-12(11)19-13(16)9-4-3-5-10(8-9)14(17)18/h1-8,15H. The molecule has 0 amide bonds. The number of phenolic OH excluding ortho intramolecular Hbond substituents is 1. The van der Waals surface area contributed by atoms with Crippen LogP contribution in [0.3, 0.4) is 0 Å². The molecular formula is C13H9NO5. The van der Waals surface area contributed by atoms with Crippen LogP contribution < -0.4 is 4.74 Å². The monoisotopic (exact) mass is 259 g/mol. The maximum atomic E-state index is 11.8. The lowest BCUT2D eigenvalue weighted by Gasteiger charge is -2.05. The van der Waals surface area contributed by atoms with E-state index in [-0.39, 0.29) is 22.7 Å². The molecule has 0 aromatic heterocycles. The highest BCUT2D eigenvalue weighted by Gasteiger charge is 2.14. The minimum Gasteiger partial charge on any atom is -0.504 e. The number of non-ortho nitro benzene ring substituents is 1. The third-order valence-electron chi connectivity index (χ3n) is 2.36. The van der Waals surface area contributed by atoms with E-state index >= 15 is 0 Å². The Labute approximate surface area is 108 Å². The van der Waals surface area contributed by atoms with Crippen molar-refractivity contribution >= 4 is 11.7 Å². The van der Waals surface area contributed by atoms with Gasteiger partial charge in [0.25, 0.3) is 5.69 Å². The highest BCUT2D eigenvalue weighted by molar-refractivity contribution is 5.92. The van der Waals surface area contributed by atoms with Crippen molar-refractivity contribution in [1.29, 1.82) is 0 Å². The minimum atomic E-state index is -0.773. The summed E-state index contributed by atoms with van der Waals surface area (Å²) in [5.74, 6) is -0.953. The number of carbonyl (C=O) groups excluding carboxylic acids is 1. The fraction of sp³-hybridized carbons (Fsp3) is 0. The molecule has 0 saturated heterocycles. The number of phenols is 1.